The van der Waals surface area contributed by atoms with Crippen LogP contribution in [0.5, 0.6) is 0 Å². The predicted octanol–water partition coefficient (Wildman–Crippen LogP) is 1.94. The molecule has 0 spiro atoms. The Kier molecular flexibility index (Phi) is 4.46. The number of fused-ring (bicyclic) bond motifs is 3. The van der Waals surface area contributed by atoms with E-state index >= 15 is 0 Å². The summed E-state index contributed by atoms with van der Waals surface area (Å²) in [6.07, 6.45) is 1.30. The largest absolute Gasteiger partial charge is 0.468 e. The molecule has 126 valence electrons. The summed E-state index contributed by atoms with van der Waals surface area (Å²) in [5.74, 6) is -0.336. The Morgan fingerprint density at radius 2 is 2.08 bits per heavy atom. The molecule has 0 fully saturated rings. The highest BCUT2D eigenvalue weighted by Crippen LogP contribution is 2.41. The van der Waals surface area contributed by atoms with Gasteiger partial charge in [0.2, 0.25) is 0 Å². The fraction of sp³-hybridized carbons (Fsp3) is 0.267. The van der Waals surface area contributed by atoms with Crippen LogP contribution in [0.1, 0.15) is 6.92 Å². The average molecular weight is 365 g/mol. The van der Waals surface area contributed by atoms with Gasteiger partial charge in [-0.25, -0.2) is 18.4 Å². The van der Waals surface area contributed by atoms with Crippen molar-refractivity contribution in [3.8, 4) is 11.3 Å². The summed E-state index contributed by atoms with van der Waals surface area (Å²) in [6.45, 7) is 2.10. The molecule has 1 aromatic heterocycles. The van der Waals surface area contributed by atoms with Crippen LogP contribution in [0.25, 0.3) is 11.3 Å². The zero-order valence-electron chi connectivity index (χ0n) is 13.1. The van der Waals surface area contributed by atoms with Crippen LogP contribution in [-0.2, 0) is 19.6 Å². The van der Waals surface area contributed by atoms with Crippen LogP contribution in [0.3, 0.4) is 0 Å². The zero-order valence-corrected chi connectivity index (χ0v) is 14.7. The number of anilines is 1. The number of para-hydroxylation sites is 1. The molecular weight excluding hydrogens is 350 g/mol. The molecule has 0 saturated heterocycles. The molecule has 0 saturated carbocycles. The minimum absolute atomic E-state index is 0.0603. The molecule has 1 aliphatic rings. The molecule has 7 nitrogen and oxygen atoms in total. The predicted molar refractivity (Wildman–Crippen MR) is 90.4 cm³/mol. The van der Waals surface area contributed by atoms with Gasteiger partial charge in [0.15, 0.2) is 5.16 Å². The van der Waals surface area contributed by atoms with Crippen molar-refractivity contribution in [2.75, 3.05) is 23.7 Å². The van der Waals surface area contributed by atoms with Gasteiger partial charge in [0.25, 0.3) is 10.0 Å². The Bertz CT molecular complexity index is 899. The standard InChI is InChI=1S/C15H15N3O4S2/c1-3-18-11-7-5-4-6-10(11)14-12(24(18,20)21)8-16-15(17-14)23-9-13(19)22-2/h4-8H,3,9H2,1-2H3. The maximum atomic E-state index is 12.8. The van der Waals surface area contributed by atoms with Crippen LogP contribution in [-0.4, -0.2) is 43.8 Å². The number of benzene rings is 1. The van der Waals surface area contributed by atoms with Crippen LogP contribution in [0, 0.1) is 0 Å². The number of rotatable bonds is 4. The van der Waals surface area contributed by atoms with Crippen molar-refractivity contribution in [3.05, 3.63) is 30.5 Å². The van der Waals surface area contributed by atoms with Crippen LogP contribution in [0.15, 0.2) is 40.5 Å². The van der Waals surface area contributed by atoms with Crippen molar-refractivity contribution in [3.63, 3.8) is 0 Å². The lowest BCUT2D eigenvalue weighted by molar-refractivity contribution is -0.137. The fourth-order valence-corrected chi connectivity index (χ4v) is 4.70. The van der Waals surface area contributed by atoms with Gasteiger partial charge in [-0.15, -0.1) is 0 Å². The number of thioether (sulfide) groups is 1. The number of carbonyl (C=O) groups excluding carboxylic acids is 1. The second-order valence-corrected chi connectivity index (χ2v) is 7.69. The Balaban J connectivity index is 2.11. The third kappa shape index (κ3) is 2.73. The Morgan fingerprint density at radius 1 is 1.33 bits per heavy atom. The highest BCUT2D eigenvalue weighted by molar-refractivity contribution is 7.99. The van der Waals surface area contributed by atoms with Gasteiger partial charge < -0.3 is 4.74 Å². The van der Waals surface area contributed by atoms with Crippen molar-refractivity contribution in [2.45, 2.75) is 17.0 Å². The number of aromatic nitrogens is 2. The first-order chi connectivity index (χ1) is 11.5. The molecule has 0 aliphatic carbocycles. The van der Waals surface area contributed by atoms with E-state index in [9.17, 15) is 13.2 Å². The monoisotopic (exact) mass is 365 g/mol. The lowest BCUT2D eigenvalue weighted by Crippen LogP contribution is -2.34. The van der Waals surface area contributed by atoms with Gasteiger partial charge in [0, 0.05) is 12.1 Å². The summed E-state index contributed by atoms with van der Waals surface area (Å²) in [5.41, 5.74) is 1.68. The third-order valence-corrected chi connectivity index (χ3v) is 6.29. The van der Waals surface area contributed by atoms with Gasteiger partial charge >= 0.3 is 5.97 Å². The Labute approximate surface area is 144 Å². The van der Waals surface area contributed by atoms with Crippen LogP contribution in [0.2, 0.25) is 0 Å². The third-order valence-electron chi connectivity index (χ3n) is 3.56. The fourth-order valence-electron chi connectivity index (χ4n) is 2.47. The average Bonchev–Trinajstić information content (AvgIpc) is 2.59. The van der Waals surface area contributed by atoms with Gasteiger partial charge in [0.1, 0.15) is 4.90 Å². The first kappa shape index (κ1) is 16.7. The van der Waals surface area contributed by atoms with Crippen molar-refractivity contribution >= 4 is 33.4 Å². The molecular formula is C15H15N3O4S2. The van der Waals surface area contributed by atoms with E-state index in [4.69, 9.17) is 0 Å². The SMILES string of the molecule is CCN1c2ccccc2-c2nc(SCC(=O)OC)ncc2S1(=O)=O. The molecule has 3 rings (SSSR count). The minimum atomic E-state index is -3.69. The number of nitrogens with zero attached hydrogens (tertiary/aromatic N) is 3. The number of ether oxygens (including phenoxy) is 1. The molecule has 0 unspecified atom stereocenters. The second-order valence-electron chi connectivity index (χ2n) is 4.92. The molecule has 24 heavy (non-hydrogen) atoms. The van der Waals surface area contributed by atoms with Gasteiger partial charge in [-0.2, -0.15) is 0 Å². The molecule has 2 heterocycles. The Morgan fingerprint density at radius 3 is 2.79 bits per heavy atom. The first-order valence-corrected chi connectivity index (χ1v) is 9.60. The molecule has 9 heteroatoms. The van der Waals surface area contributed by atoms with Crippen molar-refractivity contribution in [1.29, 1.82) is 0 Å². The second kappa shape index (κ2) is 6.40. The van der Waals surface area contributed by atoms with E-state index in [1.807, 2.05) is 12.1 Å². The van der Waals surface area contributed by atoms with Crippen LogP contribution < -0.4 is 4.31 Å². The molecule has 2 aromatic rings. The topological polar surface area (TPSA) is 89.5 Å². The van der Waals surface area contributed by atoms with Crippen molar-refractivity contribution in [1.82, 2.24) is 9.97 Å². The summed E-state index contributed by atoms with van der Waals surface area (Å²) in [7, 11) is -2.39. The van der Waals surface area contributed by atoms with Gasteiger partial charge in [-0.05, 0) is 13.0 Å². The van der Waals surface area contributed by atoms with Gasteiger partial charge in [-0.3, -0.25) is 9.10 Å². The van der Waals surface area contributed by atoms with E-state index in [0.29, 0.717) is 23.1 Å². The highest BCUT2D eigenvalue weighted by Gasteiger charge is 2.35. The van der Waals surface area contributed by atoms with Crippen molar-refractivity contribution in [2.24, 2.45) is 0 Å². The number of methoxy groups -OCH3 is 1. The van der Waals surface area contributed by atoms with E-state index in [0.717, 1.165) is 17.3 Å². The highest BCUT2D eigenvalue weighted by atomic mass is 32.2. The van der Waals surface area contributed by atoms with E-state index in [1.54, 1.807) is 19.1 Å². The summed E-state index contributed by atoms with van der Waals surface area (Å²) in [5, 5.41) is 0.328. The maximum Gasteiger partial charge on any atom is 0.316 e. The maximum absolute atomic E-state index is 12.8. The first-order valence-electron chi connectivity index (χ1n) is 7.17. The molecule has 0 bridgehead atoms. The minimum Gasteiger partial charge on any atom is -0.468 e. The Hall–Kier alpha value is -2.13. The van der Waals surface area contributed by atoms with Gasteiger partial charge in [0.05, 0.1) is 30.4 Å². The molecule has 0 N–H and O–H groups in total. The molecule has 0 atom stereocenters. The quantitative estimate of drug-likeness (QED) is 0.465. The number of hydrogen-bond acceptors (Lipinski definition) is 7. The summed E-state index contributed by atoms with van der Waals surface area (Å²) >= 11 is 1.10. The van der Waals surface area contributed by atoms with E-state index < -0.39 is 16.0 Å². The lowest BCUT2D eigenvalue weighted by Gasteiger charge is -2.30. The zero-order chi connectivity index (χ0) is 17.3. The molecule has 1 aromatic carbocycles. The summed E-state index contributed by atoms with van der Waals surface area (Å²) < 4.78 is 31.5. The van der Waals surface area contributed by atoms with E-state index in [-0.39, 0.29) is 10.6 Å². The van der Waals surface area contributed by atoms with Crippen LogP contribution >= 0.6 is 11.8 Å². The normalized spacial score (nSPS) is 14.7. The van der Waals surface area contributed by atoms with E-state index in [2.05, 4.69) is 14.7 Å². The number of sulfonamides is 1. The van der Waals surface area contributed by atoms with Crippen molar-refractivity contribution < 1.29 is 17.9 Å². The van der Waals surface area contributed by atoms with Crippen LogP contribution in [0.4, 0.5) is 5.69 Å². The lowest BCUT2D eigenvalue weighted by atomic mass is 10.1. The van der Waals surface area contributed by atoms with Gasteiger partial charge in [-0.1, -0.05) is 30.0 Å². The molecule has 0 amide bonds. The van der Waals surface area contributed by atoms with E-state index in [1.165, 1.54) is 17.6 Å². The molecule has 1 aliphatic heterocycles. The summed E-state index contributed by atoms with van der Waals surface area (Å²) in [4.78, 5) is 19.8. The number of carbonyl (C=O) groups is 1. The number of hydrogen-bond donors (Lipinski definition) is 0. The smallest absolute Gasteiger partial charge is 0.316 e. The number of esters is 1. The molecule has 0 radical (unpaired) electrons. The summed E-state index contributed by atoms with van der Waals surface area (Å²) in [6, 6.07) is 7.20.